The van der Waals surface area contributed by atoms with Crippen LogP contribution in [0.4, 0.5) is 0 Å². The van der Waals surface area contributed by atoms with E-state index >= 15 is 0 Å². The molecule has 3 heterocycles. The molecule has 4 nitrogen and oxygen atoms in total. The Kier molecular flexibility index (Phi) is 2.97. The Morgan fingerprint density at radius 3 is 3.11 bits per heavy atom. The summed E-state index contributed by atoms with van der Waals surface area (Å²) in [4.78, 5) is 18.6. The lowest BCUT2D eigenvalue weighted by Crippen LogP contribution is -2.28. The molecule has 1 aliphatic heterocycles. The Morgan fingerprint density at radius 2 is 2.44 bits per heavy atom. The molecule has 0 aromatic carbocycles. The number of fused-ring (bicyclic) bond motifs is 1. The molecule has 1 amide bonds. The number of aliphatic hydroxyl groups excluding tert-OH is 1. The van der Waals surface area contributed by atoms with Gasteiger partial charge in [0, 0.05) is 19.3 Å². The van der Waals surface area contributed by atoms with Crippen LogP contribution in [0, 0.1) is 0 Å². The number of carbonyl (C=O) groups is 1. The maximum atomic E-state index is 12.2. The first kappa shape index (κ1) is 11.9. The van der Waals surface area contributed by atoms with Crippen LogP contribution in [-0.2, 0) is 0 Å². The van der Waals surface area contributed by atoms with E-state index in [0.717, 1.165) is 10.1 Å². The summed E-state index contributed by atoms with van der Waals surface area (Å²) in [5.41, 5.74) is 0. The van der Waals surface area contributed by atoms with Crippen LogP contribution in [0.25, 0.3) is 10.1 Å². The van der Waals surface area contributed by atoms with Gasteiger partial charge in [-0.25, -0.2) is 4.98 Å². The van der Waals surface area contributed by atoms with E-state index in [1.54, 1.807) is 11.1 Å². The molecule has 0 aliphatic carbocycles. The minimum Gasteiger partial charge on any atom is -0.391 e. The number of aromatic nitrogens is 1. The molecule has 0 spiro atoms. The number of hydrogen-bond donors (Lipinski definition) is 1. The Balaban J connectivity index is 1.95. The molecule has 2 aromatic rings. The second-order valence-electron chi connectivity index (χ2n) is 4.32. The van der Waals surface area contributed by atoms with Crippen LogP contribution in [0.3, 0.4) is 0 Å². The zero-order valence-corrected chi connectivity index (χ0v) is 11.0. The summed E-state index contributed by atoms with van der Waals surface area (Å²) >= 11 is 7.35. The highest BCUT2D eigenvalue weighted by Crippen LogP contribution is 2.31. The van der Waals surface area contributed by atoms with E-state index in [1.165, 1.54) is 11.3 Å². The number of amides is 1. The van der Waals surface area contributed by atoms with Crippen LogP contribution in [-0.4, -0.2) is 40.1 Å². The third kappa shape index (κ3) is 1.98. The summed E-state index contributed by atoms with van der Waals surface area (Å²) in [6.45, 7) is 1.03. The van der Waals surface area contributed by atoms with Crippen molar-refractivity contribution >= 4 is 38.9 Å². The summed E-state index contributed by atoms with van der Waals surface area (Å²) in [6, 6.07) is 3.67. The second kappa shape index (κ2) is 4.50. The molecule has 94 valence electrons. The molecule has 1 aliphatic rings. The average molecular weight is 283 g/mol. The molecule has 2 aromatic heterocycles. The van der Waals surface area contributed by atoms with Crippen molar-refractivity contribution in [3.8, 4) is 0 Å². The van der Waals surface area contributed by atoms with Crippen molar-refractivity contribution in [1.82, 2.24) is 9.88 Å². The van der Waals surface area contributed by atoms with Crippen molar-refractivity contribution in [2.75, 3.05) is 13.1 Å². The van der Waals surface area contributed by atoms with Gasteiger partial charge in [-0.3, -0.25) is 4.79 Å². The summed E-state index contributed by atoms with van der Waals surface area (Å²) in [6.07, 6.45) is 1.89. The molecule has 1 N–H and O–H groups in total. The lowest BCUT2D eigenvalue weighted by atomic mass is 10.3. The molecule has 0 radical (unpaired) electrons. The fourth-order valence-electron chi connectivity index (χ4n) is 2.12. The molecule has 1 saturated heterocycles. The molecule has 0 unspecified atom stereocenters. The van der Waals surface area contributed by atoms with Crippen molar-refractivity contribution in [2.24, 2.45) is 0 Å². The van der Waals surface area contributed by atoms with Crippen molar-refractivity contribution in [3.63, 3.8) is 0 Å². The zero-order chi connectivity index (χ0) is 12.7. The van der Waals surface area contributed by atoms with Gasteiger partial charge in [0.2, 0.25) is 0 Å². The molecule has 1 fully saturated rings. The number of pyridine rings is 1. The number of likely N-dealkylation sites (tertiary alicyclic amines) is 1. The third-order valence-electron chi connectivity index (χ3n) is 3.05. The van der Waals surface area contributed by atoms with E-state index in [4.69, 9.17) is 11.6 Å². The standard InChI is InChI=1S/C12H11ClN2O2S/c13-11-10-7(1-3-14-11)5-9(18-10)12(17)15-4-2-8(16)6-15/h1,3,5,8,16H,2,4,6H2/t8-/m1/s1. The summed E-state index contributed by atoms with van der Waals surface area (Å²) < 4.78 is 0.835. The minimum absolute atomic E-state index is 0.0381. The Hall–Kier alpha value is -1.17. The number of thiophene rings is 1. The van der Waals surface area contributed by atoms with Crippen molar-refractivity contribution in [1.29, 1.82) is 0 Å². The number of carbonyl (C=O) groups excluding carboxylic acids is 1. The van der Waals surface area contributed by atoms with E-state index in [0.29, 0.717) is 29.5 Å². The number of aliphatic hydroxyl groups is 1. The first-order valence-corrected chi connectivity index (χ1v) is 6.86. The molecular formula is C12H11ClN2O2S. The largest absolute Gasteiger partial charge is 0.391 e. The Bertz CT molecular complexity index is 613. The van der Waals surface area contributed by atoms with E-state index in [9.17, 15) is 9.90 Å². The molecule has 18 heavy (non-hydrogen) atoms. The van der Waals surface area contributed by atoms with Gasteiger partial charge in [0.15, 0.2) is 0 Å². The molecule has 3 rings (SSSR count). The number of nitrogens with zero attached hydrogens (tertiary/aromatic N) is 2. The number of hydrogen-bond acceptors (Lipinski definition) is 4. The van der Waals surface area contributed by atoms with Crippen molar-refractivity contribution in [2.45, 2.75) is 12.5 Å². The normalized spacial score (nSPS) is 19.7. The van der Waals surface area contributed by atoms with Gasteiger partial charge in [0.05, 0.1) is 15.7 Å². The maximum Gasteiger partial charge on any atom is 0.264 e. The van der Waals surface area contributed by atoms with Crippen LogP contribution in [0.15, 0.2) is 18.3 Å². The van der Waals surface area contributed by atoms with Crippen LogP contribution in [0.2, 0.25) is 5.15 Å². The topological polar surface area (TPSA) is 53.4 Å². The Labute approximate surface area is 113 Å². The van der Waals surface area contributed by atoms with Crippen LogP contribution in [0.1, 0.15) is 16.1 Å². The predicted molar refractivity (Wildman–Crippen MR) is 71.2 cm³/mol. The summed E-state index contributed by atoms with van der Waals surface area (Å²) in [5.74, 6) is -0.0381. The van der Waals surface area contributed by atoms with Gasteiger partial charge in [0.25, 0.3) is 5.91 Å². The minimum atomic E-state index is -0.395. The maximum absolute atomic E-state index is 12.2. The zero-order valence-electron chi connectivity index (χ0n) is 9.47. The van der Waals surface area contributed by atoms with E-state index < -0.39 is 6.10 Å². The highest BCUT2D eigenvalue weighted by Gasteiger charge is 2.26. The molecule has 6 heteroatoms. The van der Waals surface area contributed by atoms with E-state index in [-0.39, 0.29) is 5.91 Å². The van der Waals surface area contributed by atoms with Crippen LogP contribution >= 0.6 is 22.9 Å². The van der Waals surface area contributed by atoms with Gasteiger partial charge in [0.1, 0.15) is 5.15 Å². The smallest absolute Gasteiger partial charge is 0.264 e. The summed E-state index contributed by atoms with van der Waals surface area (Å²) in [7, 11) is 0. The van der Waals surface area contributed by atoms with E-state index in [1.807, 2.05) is 12.1 Å². The van der Waals surface area contributed by atoms with E-state index in [2.05, 4.69) is 4.98 Å². The average Bonchev–Trinajstić information content (AvgIpc) is 2.95. The molecule has 1 atom stereocenters. The summed E-state index contributed by atoms with van der Waals surface area (Å²) in [5, 5.41) is 10.8. The van der Waals surface area contributed by atoms with Gasteiger partial charge < -0.3 is 10.0 Å². The third-order valence-corrected chi connectivity index (χ3v) is 4.60. The second-order valence-corrected chi connectivity index (χ2v) is 5.73. The first-order valence-electron chi connectivity index (χ1n) is 5.66. The van der Waals surface area contributed by atoms with Gasteiger partial charge in [-0.05, 0) is 23.9 Å². The van der Waals surface area contributed by atoms with Gasteiger partial charge in [-0.15, -0.1) is 11.3 Å². The highest BCUT2D eigenvalue weighted by molar-refractivity contribution is 7.21. The number of halogens is 1. The first-order chi connectivity index (χ1) is 8.65. The fourth-order valence-corrected chi connectivity index (χ4v) is 3.40. The van der Waals surface area contributed by atoms with Crippen molar-refractivity contribution < 1.29 is 9.90 Å². The highest BCUT2D eigenvalue weighted by atomic mass is 35.5. The molecular weight excluding hydrogens is 272 g/mol. The Morgan fingerprint density at radius 1 is 1.61 bits per heavy atom. The lowest BCUT2D eigenvalue weighted by Gasteiger charge is -2.13. The van der Waals surface area contributed by atoms with Crippen LogP contribution in [0.5, 0.6) is 0 Å². The number of β-amino-alcohol motifs (C(OH)–C–C–N with tert-alkyl or cyclic N) is 1. The van der Waals surface area contributed by atoms with Gasteiger partial charge >= 0.3 is 0 Å². The number of rotatable bonds is 1. The van der Waals surface area contributed by atoms with Gasteiger partial charge in [-0.2, -0.15) is 0 Å². The van der Waals surface area contributed by atoms with Crippen molar-refractivity contribution in [3.05, 3.63) is 28.4 Å². The lowest BCUT2D eigenvalue weighted by molar-refractivity contribution is 0.0770. The molecule has 0 bridgehead atoms. The monoisotopic (exact) mass is 282 g/mol. The predicted octanol–water partition coefficient (Wildman–Crippen LogP) is 2.16. The van der Waals surface area contributed by atoms with Crippen LogP contribution < -0.4 is 0 Å². The molecule has 0 saturated carbocycles. The SMILES string of the molecule is O=C(c1cc2ccnc(Cl)c2s1)N1CC[C@@H](O)C1. The fraction of sp³-hybridized carbons (Fsp3) is 0.333. The quantitative estimate of drug-likeness (QED) is 0.816. The van der Waals surface area contributed by atoms with Gasteiger partial charge in [-0.1, -0.05) is 11.6 Å².